The number of amides is 1. The van der Waals surface area contributed by atoms with Crippen molar-refractivity contribution in [1.29, 1.82) is 0 Å². The number of ether oxygens (including phenoxy) is 2. The normalized spacial score (nSPS) is 20.9. The molecule has 1 aliphatic heterocycles. The lowest BCUT2D eigenvalue weighted by Crippen LogP contribution is -2.47. The maximum absolute atomic E-state index is 13.2. The van der Waals surface area contributed by atoms with Crippen LogP contribution in [0.2, 0.25) is 0 Å². The molecule has 35 heavy (non-hydrogen) atoms. The van der Waals surface area contributed by atoms with Gasteiger partial charge < -0.3 is 19.5 Å². The van der Waals surface area contributed by atoms with Crippen LogP contribution in [0.5, 0.6) is 0 Å². The Labute approximate surface area is 211 Å². The number of esters is 2. The summed E-state index contributed by atoms with van der Waals surface area (Å²) >= 11 is 0. The van der Waals surface area contributed by atoms with Crippen LogP contribution in [0.25, 0.3) is 0 Å². The molecule has 202 valence electrons. The summed E-state index contributed by atoms with van der Waals surface area (Å²) in [4.78, 5) is 52.4. The van der Waals surface area contributed by atoms with Crippen LogP contribution in [0.3, 0.4) is 0 Å². The number of hydrogen-bond donors (Lipinski definition) is 1. The van der Waals surface area contributed by atoms with Crippen molar-refractivity contribution in [3.05, 3.63) is 0 Å². The Morgan fingerprint density at radius 1 is 0.943 bits per heavy atom. The van der Waals surface area contributed by atoms with Gasteiger partial charge in [-0.15, -0.1) is 0 Å². The fraction of sp³-hybridized carbons (Fsp3) is 0.852. The van der Waals surface area contributed by atoms with Crippen molar-refractivity contribution >= 4 is 23.8 Å². The molecule has 1 N–H and O–H groups in total. The third-order valence-corrected chi connectivity index (χ3v) is 7.32. The molecule has 0 aliphatic carbocycles. The number of aliphatic carboxylic acids is 1. The van der Waals surface area contributed by atoms with Crippen LogP contribution in [0, 0.1) is 23.7 Å². The summed E-state index contributed by atoms with van der Waals surface area (Å²) in [5.41, 5.74) is 0. The van der Waals surface area contributed by atoms with Crippen LogP contribution < -0.4 is 0 Å². The van der Waals surface area contributed by atoms with E-state index in [0.29, 0.717) is 38.1 Å². The maximum Gasteiger partial charge on any atom is 0.348 e. The lowest BCUT2D eigenvalue weighted by atomic mass is 9.92. The predicted molar refractivity (Wildman–Crippen MR) is 134 cm³/mol. The molecule has 1 fully saturated rings. The smallest absolute Gasteiger partial charge is 0.348 e. The molecule has 0 radical (unpaired) electrons. The summed E-state index contributed by atoms with van der Waals surface area (Å²) in [6.07, 6.45) is 3.80. The summed E-state index contributed by atoms with van der Waals surface area (Å²) in [6.45, 7) is 13.8. The van der Waals surface area contributed by atoms with E-state index in [0.717, 1.165) is 25.7 Å². The molecule has 8 heteroatoms. The number of unbranched alkanes of at least 4 members (excludes halogenated alkanes) is 1. The molecule has 1 aliphatic rings. The third-order valence-electron chi connectivity index (χ3n) is 7.32. The van der Waals surface area contributed by atoms with E-state index >= 15 is 0 Å². The monoisotopic (exact) mass is 497 g/mol. The van der Waals surface area contributed by atoms with E-state index < -0.39 is 36.2 Å². The van der Waals surface area contributed by atoms with Gasteiger partial charge in [-0.05, 0) is 38.0 Å². The number of carbonyl (C=O) groups is 4. The minimum atomic E-state index is -1.31. The zero-order chi connectivity index (χ0) is 26.7. The van der Waals surface area contributed by atoms with Crippen LogP contribution in [0.1, 0.15) is 99.8 Å². The molecular formula is C27H47NO7. The van der Waals surface area contributed by atoms with E-state index in [-0.39, 0.29) is 23.7 Å². The van der Waals surface area contributed by atoms with Crippen LogP contribution in [0.15, 0.2) is 0 Å². The highest BCUT2D eigenvalue weighted by atomic mass is 16.6. The number of carboxylic acids is 1. The standard InChI is InChI=1S/C27H47NO7/c1-8-11-13-17(4)16-20(7)24(29)28-15-12-14-21(28)26(32)35-23(19(6)10-3)27(33)34-22(25(30)31)18(5)9-2/h17-23H,8-16H2,1-7H3,(H,30,31)/t17-,18-,19-,20-,21-,22?,23+/m0/s1. The van der Waals surface area contributed by atoms with E-state index in [2.05, 4.69) is 13.8 Å². The Morgan fingerprint density at radius 2 is 1.54 bits per heavy atom. The van der Waals surface area contributed by atoms with Gasteiger partial charge in [0.25, 0.3) is 0 Å². The molecule has 0 spiro atoms. The summed E-state index contributed by atoms with van der Waals surface area (Å²) in [6, 6.07) is -0.736. The number of hydrogen-bond acceptors (Lipinski definition) is 6. The van der Waals surface area contributed by atoms with Crippen LogP contribution in [0.4, 0.5) is 0 Å². The minimum absolute atomic E-state index is 0.0572. The van der Waals surface area contributed by atoms with Crippen molar-refractivity contribution in [1.82, 2.24) is 4.90 Å². The maximum atomic E-state index is 13.2. The van der Waals surface area contributed by atoms with Crippen molar-refractivity contribution in [3.8, 4) is 0 Å². The predicted octanol–water partition coefficient (Wildman–Crippen LogP) is 4.83. The summed E-state index contributed by atoms with van der Waals surface area (Å²) in [7, 11) is 0. The quantitative estimate of drug-likeness (QED) is 0.323. The van der Waals surface area contributed by atoms with E-state index in [1.807, 2.05) is 20.8 Å². The number of rotatable bonds is 15. The molecule has 7 atom stereocenters. The Bertz CT molecular complexity index is 710. The van der Waals surface area contributed by atoms with Crippen LogP contribution in [-0.4, -0.2) is 58.6 Å². The molecule has 0 aromatic carbocycles. The van der Waals surface area contributed by atoms with Gasteiger partial charge in [0.05, 0.1) is 0 Å². The molecule has 1 amide bonds. The van der Waals surface area contributed by atoms with Gasteiger partial charge in [-0.2, -0.15) is 0 Å². The molecule has 0 bridgehead atoms. The lowest BCUT2D eigenvalue weighted by molar-refractivity contribution is -0.184. The SMILES string of the molecule is CCCC[C@H](C)C[C@H](C)C(=O)N1CCC[C@H]1C(=O)O[C@@H](C(=O)OC(C(=O)O)[C@@H](C)CC)[C@@H](C)CC. The molecule has 0 saturated carbocycles. The zero-order valence-electron chi connectivity index (χ0n) is 22.7. The first kappa shape index (κ1) is 30.9. The zero-order valence-corrected chi connectivity index (χ0v) is 22.7. The van der Waals surface area contributed by atoms with Gasteiger partial charge in [0, 0.05) is 24.3 Å². The van der Waals surface area contributed by atoms with Gasteiger partial charge in [-0.3, -0.25) is 4.79 Å². The van der Waals surface area contributed by atoms with Gasteiger partial charge >= 0.3 is 17.9 Å². The molecular weight excluding hydrogens is 450 g/mol. The van der Waals surface area contributed by atoms with Crippen LogP contribution >= 0.6 is 0 Å². The highest BCUT2D eigenvalue weighted by Gasteiger charge is 2.41. The average Bonchev–Trinajstić information content (AvgIpc) is 3.32. The second kappa shape index (κ2) is 15.1. The van der Waals surface area contributed by atoms with Crippen molar-refractivity contribution in [2.75, 3.05) is 6.54 Å². The topological polar surface area (TPSA) is 110 Å². The van der Waals surface area contributed by atoms with Crippen molar-refractivity contribution in [2.45, 2.75) is 118 Å². The first-order valence-corrected chi connectivity index (χ1v) is 13.4. The van der Waals surface area contributed by atoms with Crippen LogP contribution in [-0.2, 0) is 28.7 Å². The Hall–Kier alpha value is -2.12. The second-order valence-corrected chi connectivity index (χ2v) is 10.4. The first-order chi connectivity index (χ1) is 16.5. The Kier molecular flexibility index (Phi) is 13.3. The van der Waals surface area contributed by atoms with E-state index in [4.69, 9.17) is 9.47 Å². The van der Waals surface area contributed by atoms with Crippen molar-refractivity contribution < 1.29 is 33.8 Å². The molecule has 1 unspecified atom stereocenters. The van der Waals surface area contributed by atoms with Gasteiger partial charge in [-0.1, -0.05) is 67.7 Å². The van der Waals surface area contributed by atoms with Gasteiger partial charge in [0.2, 0.25) is 18.1 Å². The highest BCUT2D eigenvalue weighted by molar-refractivity contribution is 5.88. The van der Waals surface area contributed by atoms with E-state index in [1.165, 1.54) is 0 Å². The fourth-order valence-corrected chi connectivity index (χ4v) is 4.56. The Balaban J connectivity index is 2.91. The van der Waals surface area contributed by atoms with E-state index in [1.54, 1.807) is 18.7 Å². The lowest BCUT2D eigenvalue weighted by Gasteiger charge is -2.30. The number of carboxylic acid groups (broad SMARTS) is 1. The fourth-order valence-electron chi connectivity index (χ4n) is 4.56. The van der Waals surface area contributed by atoms with Gasteiger partial charge in [0.15, 0.2) is 0 Å². The molecule has 8 nitrogen and oxygen atoms in total. The molecule has 1 saturated heterocycles. The number of nitrogens with zero attached hydrogens (tertiary/aromatic N) is 1. The van der Waals surface area contributed by atoms with Crippen molar-refractivity contribution in [3.63, 3.8) is 0 Å². The summed E-state index contributed by atoms with van der Waals surface area (Å²) in [5, 5.41) is 9.48. The molecule has 0 aromatic heterocycles. The summed E-state index contributed by atoms with van der Waals surface area (Å²) in [5.74, 6) is -3.27. The largest absolute Gasteiger partial charge is 0.478 e. The first-order valence-electron chi connectivity index (χ1n) is 13.4. The number of carbonyl (C=O) groups excluding carboxylic acids is 3. The van der Waals surface area contributed by atoms with E-state index in [9.17, 15) is 24.3 Å². The minimum Gasteiger partial charge on any atom is -0.478 e. The van der Waals surface area contributed by atoms with Gasteiger partial charge in [0.1, 0.15) is 6.04 Å². The molecule has 1 rings (SSSR count). The number of likely N-dealkylation sites (tertiary alicyclic amines) is 1. The average molecular weight is 498 g/mol. The Morgan fingerprint density at radius 3 is 2.09 bits per heavy atom. The van der Waals surface area contributed by atoms with Gasteiger partial charge in [-0.25, -0.2) is 14.4 Å². The second-order valence-electron chi connectivity index (χ2n) is 10.4. The highest BCUT2D eigenvalue weighted by Crippen LogP contribution is 2.27. The third kappa shape index (κ3) is 9.12. The van der Waals surface area contributed by atoms with Crippen molar-refractivity contribution in [2.24, 2.45) is 23.7 Å². The molecule has 1 heterocycles. The summed E-state index contributed by atoms with van der Waals surface area (Å²) < 4.78 is 10.9. The molecule has 0 aromatic rings.